The van der Waals surface area contributed by atoms with Crippen LogP contribution in [-0.4, -0.2) is 35.9 Å². The van der Waals surface area contributed by atoms with Gasteiger partial charge in [-0.2, -0.15) is 13.2 Å². The van der Waals surface area contributed by atoms with Gasteiger partial charge in [-0.3, -0.25) is 9.59 Å². The van der Waals surface area contributed by atoms with Crippen LogP contribution in [0.3, 0.4) is 0 Å². The summed E-state index contributed by atoms with van der Waals surface area (Å²) in [6.07, 6.45) is 1.11. The zero-order valence-electron chi connectivity index (χ0n) is 18.9. The summed E-state index contributed by atoms with van der Waals surface area (Å²) < 4.78 is 38.7. The summed E-state index contributed by atoms with van der Waals surface area (Å²) in [7, 11) is 0. The van der Waals surface area contributed by atoms with Crippen LogP contribution in [0.25, 0.3) is 0 Å². The molecule has 1 fully saturated rings. The van der Waals surface area contributed by atoms with Gasteiger partial charge < -0.3 is 10.2 Å². The van der Waals surface area contributed by atoms with Gasteiger partial charge in [0.05, 0.1) is 10.7 Å². The highest BCUT2D eigenvalue weighted by Gasteiger charge is 2.42. The van der Waals surface area contributed by atoms with Crippen molar-refractivity contribution in [2.24, 2.45) is 5.92 Å². The van der Waals surface area contributed by atoms with Crippen molar-refractivity contribution in [1.82, 2.24) is 4.90 Å². The van der Waals surface area contributed by atoms with Crippen molar-refractivity contribution in [1.29, 1.82) is 0 Å². The van der Waals surface area contributed by atoms with Gasteiger partial charge >= 0.3 is 12.1 Å². The molecule has 2 aromatic carbocycles. The highest BCUT2D eigenvalue weighted by atomic mass is 35.5. The lowest BCUT2D eigenvalue weighted by molar-refractivity contribution is -0.185. The van der Waals surface area contributed by atoms with Gasteiger partial charge in [-0.15, -0.1) is 0 Å². The number of carbonyl (C=O) groups excluding carboxylic acids is 2. The quantitative estimate of drug-likeness (QED) is 0.505. The standard InChI is InChI=1S/C26H28ClF3N2O2/c27-22-11-10-18-12-14-32(25(34)26(28,29)30)15-13-21(18)23(22)31-16-17-6-8-20(9-7-17)24(33)19-4-2-1-3-5-19/h6-11,19,31H,1-5,12-16H2. The van der Waals surface area contributed by atoms with E-state index in [1.54, 1.807) is 6.07 Å². The largest absolute Gasteiger partial charge is 0.471 e. The molecule has 0 saturated heterocycles. The molecule has 34 heavy (non-hydrogen) atoms. The van der Waals surface area contributed by atoms with Crippen LogP contribution in [0.2, 0.25) is 5.02 Å². The number of Topliss-reactive ketones (excluding diaryl/α,β-unsaturated/α-hetero) is 1. The van der Waals surface area contributed by atoms with Gasteiger partial charge in [0.15, 0.2) is 5.78 Å². The third-order valence-corrected chi connectivity index (χ3v) is 7.17. The van der Waals surface area contributed by atoms with Crippen LogP contribution >= 0.6 is 11.6 Å². The highest BCUT2D eigenvalue weighted by molar-refractivity contribution is 6.33. The average molecular weight is 493 g/mol. The Morgan fingerprint density at radius 1 is 0.971 bits per heavy atom. The lowest BCUT2D eigenvalue weighted by atomic mass is 9.84. The Bertz CT molecular complexity index is 1050. The zero-order chi connectivity index (χ0) is 24.3. The number of halogens is 4. The first-order valence-corrected chi connectivity index (χ1v) is 12.1. The molecule has 0 atom stereocenters. The Labute approximate surface area is 202 Å². The van der Waals surface area contributed by atoms with Crippen LogP contribution < -0.4 is 5.32 Å². The van der Waals surface area contributed by atoms with E-state index in [1.165, 1.54) is 6.42 Å². The normalized spacial score (nSPS) is 17.1. The third kappa shape index (κ3) is 5.57. The van der Waals surface area contributed by atoms with Crippen molar-refractivity contribution < 1.29 is 22.8 Å². The van der Waals surface area contributed by atoms with E-state index in [0.717, 1.165) is 52.8 Å². The predicted octanol–water partition coefficient (Wildman–Crippen LogP) is 6.20. The number of benzene rings is 2. The molecule has 4 nitrogen and oxygen atoms in total. The number of rotatable bonds is 5. The number of anilines is 1. The number of fused-ring (bicyclic) bond motifs is 1. The molecule has 0 radical (unpaired) electrons. The summed E-state index contributed by atoms with van der Waals surface area (Å²) in [5, 5.41) is 3.81. The van der Waals surface area contributed by atoms with Crippen LogP contribution in [-0.2, 0) is 24.2 Å². The Morgan fingerprint density at radius 3 is 2.32 bits per heavy atom. The molecule has 4 rings (SSSR count). The van der Waals surface area contributed by atoms with Crippen LogP contribution in [0.5, 0.6) is 0 Å². The maximum Gasteiger partial charge on any atom is 0.471 e. The van der Waals surface area contributed by atoms with Gasteiger partial charge in [-0.05, 0) is 48.4 Å². The van der Waals surface area contributed by atoms with E-state index < -0.39 is 12.1 Å². The molecule has 1 saturated carbocycles. The minimum Gasteiger partial charge on any atom is -0.380 e. The fourth-order valence-electron chi connectivity index (χ4n) is 4.95. The van der Waals surface area contributed by atoms with Gasteiger partial charge in [0.25, 0.3) is 0 Å². The van der Waals surface area contributed by atoms with Crippen molar-refractivity contribution in [3.8, 4) is 0 Å². The molecule has 1 aliphatic carbocycles. The smallest absolute Gasteiger partial charge is 0.380 e. The second-order valence-corrected chi connectivity index (χ2v) is 9.51. The molecule has 1 amide bonds. The van der Waals surface area contributed by atoms with E-state index in [2.05, 4.69) is 5.32 Å². The second-order valence-electron chi connectivity index (χ2n) is 9.10. The Morgan fingerprint density at radius 2 is 1.65 bits per heavy atom. The van der Waals surface area contributed by atoms with E-state index in [1.807, 2.05) is 30.3 Å². The van der Waals surface area contributed by atoms with Gasteiger partial charge in [0.2, 0.25) is 0 Å². The minimum absolute atomic E-state index is 0.0155. The second kappa shape index (κ2) is 10.4. The lowest BCUT2D eigenvalue weighted by Crippen LogP contribution is -2.42. The monoisotopic (exact) mass is 492 g/mol. The Hall–Kier alpha value is -2.54. The van der Waals surface area contributed by atoms with Crippen molar-refractivity contribution in [3.05, 3.63) is 63.7 Å². The minimum atomic E-state index is -4.88. The first-order valence-electron chi connectivity index (χ1n) is 11.8. The Balaban J connectivity index is 1.43. The average Bonchev–Trinajstić information content (AvgIpc) is 3.05. The summed E-state index contributed by atoms with van der Waals surface area (Å²) in [6, 6.07) is 11.1. The number of amides is 1. The molecule has 0 bridgehead atoms. The van der Waals surface area contributed by atoms with Crippen molar-refractivity contribution in [3.63, 3.8) is 0 Å². The number of nitrogens with zero attached hydrogens (tertiary/aromatic N) is 1. The lowest BCUT2D eigenvalue weighted by Gasteiger charge is -2.21. The van der Waals surface area contributed by atoms with Crippen LogP contribution in [0, 0.1) is 5.92 Å². The maximum absolute atomic E-state index is 12.9. The van der Waals surface area contributed by atoms with Gasteiger partial charge in [0, 0.05) is 31.1 Å². The zero-order valence-corrected chi connectivity index (χ0v) is 19.6. The molecule has 0 spiro atoms. The Kier molecular flexibility index (Phi) is 7.51. The van der Waals surface area contributed by atoms with Crippen molar-refractivity contribution in [2.45, 2.75) is 57.7 Å². The molecule has 1 heterocycles. The number of nitrogens with one attached hydrogen (secondary N) is 1. The van der Waals surface area contributed by atoms with Crippen LogP contribution in [0.15, 0.2) is 36.4 Å². The van der Waals surface area contributed by atoms with Gasteiger partial charge in [-0.25, -0.2) is 0 Å². The first kappa shape index (κ1) is 24.6. The molecular weight excluding hydrogens is 465 g/mol. The number of hydrogen-bond donors (Lipinski definition) is 1. The van der Waals surface area contributed by atoms with E-state index in [-0.39, 0.29) is 31.2 Å². The summed E-state index contributed by atoms with van der Waals surface area (Å²) in [5.41, 5.74) is 4.11. The summed E-state index contributed by atoms with van der Waals surface area (Å²) >= 11 is 6.44. The van der Waals surface area contributed by atoms with Crippen LogP contribution in [0.4, 0.5) is 18.9 Å². The predicted molar refractivity (Wildman–Crippen MR) is 126 cm³/mol. The third-order valence-electron chi connectivity index (χ3n) is 6.86. The van der Waals surface area contributed by atoms with E-state index in [4.69, 9.17) is 11.6 Å². The van der Waals surface area contributed by atoms with Gasteiger partial charge in [-0.1, -0.05) is 61.2 Å². The molecular formula is C26H28ClF3N2O2. The number of hydrogen-bond acceptors (Lipinski definition) is 3. The first-order chi connectivity index (χ1) is 16.2. The van der Waals surface area contributed by atoms with E-state index in [9.17, 15) is 22.8 Å². The van der Waals surface area contributed by atoms with E-state index in [0.29, 0.717) is 23.7 Å². The number of alkyl halides is 3. The summed E-state index contributed by atoms with van der Waals surface area (Å²) in [6.45, 7) is 0.459. The fraction of sp³-hybridized carbons (Fsp3) is 0.462. The molecule has 8 heteroatoms. The number of ketones is 1. The van der Waals surface area contributed by atoms with Gasteiger partial charge in [0.1, 0.15) is 0 Å². The number of carbonyl (C=O) groups is 2. The molecule has 182 valence electrons. The van der Waals surface area contributed by atoms with Crippen LogP contribution in [0.1, 0.15) is 59.2 Å². The molecule has 2 aromatic rings. The molecule has 2 aliphatic rings. The SMILES string of the molecule is O=C(c1ccc(CNc2c(Cl)ccc3c2CCN(C(=O)C(F)(F)F)CC3)cc1)C1CCCCC1. The molecule has 0 unspecified atom stereocenters. The molecule has 0 aromatic heterocycles. The molecule has 1 aliphatic heterocycles. The maximum atomic E-state index is 12.9. The van der Waals surface area contributed by atoms with Crippen molar-refractivity contribution >= 4 is 29.0 Å². The summed E-state index contributed by atoms with van der Waals surface area (Å²) in [4.78, 5) is 25.3. The topological polar surface area (TPSA) is 49.4 Å². The van der Waals surface area contributed by atoms with E-state index >= 15 is 0 Å². The molecule has 1 N–H and O–H groups in total. The fourth-order valence-corrected chi connectivity index (χ4v) is 5.19. The summed E-state index contributed by atoms with van der Waals surface area (Å²) in [5.74, 6) is -1.46. The van der Waals surface area contributed by atoms with Crippen molar-refractivity contribution in [2.75, 3.05) is 18.4 Å². The highest BCUT2D eigenvalue weighted by Crippen LogP contribution is 2.33.